The second-order valence-electron chi connectivity index (χ2n) is 3.51. The fourth-order valence-corrected chi connectivity index (χ4v) is 2.32. The Labute approximate surface area is 111 Å². The molecule has 0 unspecified atom stereocenters. The topological polar surface area (TPSA) is 63.6 Å². The molecule has 2 aromatic rings. The van der Waals surface area contributed by atoms with E-state index in [-0.39, 0.29) is 15.7 Å². The van der Waals surface area contributed by atoms with E-state index in [0.29, 0.717) is 11.7 Å². The van der Waals surface area contributed by atoms with Gasteiger partial charge in [0.15, 0.2) is 11.0 Å². The standard InChI is InChI=1S/C10H10ClFN4OS/c1-2-3-16-9(17)14-15-10(16)18-8-7(12)4-6(11)5-13-8/h4-5H,2-3H2,1H3,(H,14,17). The highest BCUT2D eigenvalue weighted by atomic mass is 35.5. The van der Waals surface area contributed by atoms with Crippen molar-refractivity contribution < 1.29 is 4.39 Å². The summed E-state index contributed by atoms with van der Waals surface area (Å²) in [5.74, 6) is -0.536. The maximum atomic E-state index is 13.6. The number of H-pyrrole nitrogens is 1. The summed E-state index contributed by atoms with van der Waals surface area (Å²) in [6, 6.07) is 1.17. The Morgan fingerprint density at radius 2 is 2.39 bits per heavy atom. The average molecular weight is 289 g/mol. The van der Waals surface area contributed by atoms with Gasteiger partial charge >= 0.3 is 5.69 Å². The van der Waals surface area contributed by atoms with Gasteiger partial charge in [0, 0.05) is 12.7 Å². The summed E-state index contributed by atoms with van der Waals surface area (Å²) in [5.41, 5.74) is -0.311. The van der Waals surface area contributed by atoms with Gasteiger partial charge in [-0.15, -0.1) is 5.10 Å². The zero-order valence-corrected chi connectivity index (χ0v) is 11.1. The van der Waals surface area contributed by atoms with Crippen LogP contribution in [0.15, 0.2) is 27.2 Å². The van der Waals surface area contributed by atoms with Crippen LogP contribution < -0.4 is 5.69 Å². The lowest BCUT2D eigenvalue weighted by Gasteiger charge is -2.03. The first-order valence-corrected chi connectivity index (χ1v) is 6.45. The molecule has 0 bridgehead atoms. The van der Waals surface area contributed by atoms with Crippen molar-refractivity contribution >= 4 is 23.4 Å². The van der Waals surface area contributed by atoms with E-state index in [1.54, 1.807) is 0 Å². The second-order valence-corrected chi connectivity index (χ2v) is 4.90. The lowest BCUT2D eigenvalue weighted by molar-refractivity contribution is 0.582. The van der Waals surface area contributed by atoms with Crippen LogP contribution in [0.5, 0.6) is 0 Å². The van der Waals surface area contributed by atoms with E-state index in [4.69, 9.17) is 11.6 Å². The van der Waals surface area contributed by atoms with Crippen molar-refractivity contribution in [2.75, 3.05) is 0 Å². The average Bonchev–Trinajstić information content (AvgIpc) is 2.66. The van der Waals surface area contributed by atoms with Crippen molar-refractivity contribution in [3.63, 3.8) is 0 Å². The molecular weight excluding hydrogens is 279 g/mol. The Kier molecular flexibility index (Phi) is 4.03. The second kappa shape index (κ2) is 5.53. The minimum absolute atomic E-state index is 0.135. The number of aromatic nitrogens is 4. The molecule has 0 aliphatic heterocycles. The molecular formula is C10H10ClFN4OS. The quantitative estimate of drug-likeness (QED) is 0.938. The molecule has 0 amide bonds. The number of nitrogens with one attached hydrogen (secondary N) is 1. The lowest BCUT2D eigenvalue weighted by atomic mass is 10.5. The third-order valence-corrected chi connectivity index (χ3v) is 3.33. The van der Waals surface area contributed by atoms with Gasteiger partial charge in [-0.05, 0) is 24.2 Å². The molecule has 8 heteroatoms. The zero-order chi connectivity index (χ0) is 13.1. The van der Waals surface area contributed by atoms with Gasteiger partial charge in [0.1, 0.15) is 5.03 Å². The number of aromatic amines is 1. The van der Waals surface area contributed by atoms with Crippen molar-refractivity contribution in [1.29, 1.82) is 0 Å². The van der Waals surface area contributed by atoms with Gasteiger partial charge in [0.05, 0.1) is 5.02 Å². The minimum Gasteiger partial charge on any atom is -0.270 e. The lowest BCUT2D eigenvalue weighted by Crippen LogP contribution is -2.17. The number of hydrogen-bond donors (Lipinski definition) is 1. The summed E-state index contributed by atoms with van der Waals surface area (Å²) in [4.78, 5) is 15.3. The molecule has 5 nitrogen and oxygen atoms in total. The van der Waals surface area contributed by atoms with E-state index in [9.17, 15) is 9.18 Å². The van der Waals surface area contributed by atoms with E-state index in [2.05, 4.69) is 15.2 Å². The minimum atomic E-state index is -0.536. The van der Waals surface area contributed by atoms with E-state index >= 15 is 0 Å². The summed E-state index contributed by atoms with van der Waals surface area (Å²) >= 11 is 6.60. The number of rotatable bonds is 4. The van der Waals surface area contributed by atoms with Crippen LogP contribution in [0.25, 0.3) is 0 Å². The van der Waals surface area contributed by atoms with Gasteiger partial charge in [0.2, 0.25) is 0 Å². The fourth-order valence-electron chi connectivity index (χ4n) is 1.37. The Bertz CT molecular complexity index is 612. The Morgan fingerprint density at radius 3 is 3.06 bits per heavy atom. The Balaban J connectivity index is 2.31. The SMILES string of the molecule is CCCn1c(Sc2ncc(Cl)cc2F)n[nH]c1=O. The molecule has 0 saturated heterocycles. The normalized spacial score (nSPS) is 10.8. The smallest absolute Gasteiger partial charge is 0.270 e. The highest BCUT2D eigenvalue weighted by molar-refractivity contribution is 7.99. The highest BCUT2D eigenvalue weighted by Gasteiger charge is 2.13. The van der Waals surface area contributed by atoms with Gasteiger partial charge in [-0.3, -0.25) is 4.57 Å². The molecule has 0 aliphatic carbocycles. The third kappa shape index (κ3) is 2.73. The number of hydrogen-bond acceptors (Lipinski definition) is 4. The van der Waals surface area contributed by atoms with Gasteiger partial charge in [-0.25, -0.2) is 19.3 Å². The highest BCUT2D eigenvalue weighted by Crippen LogP contribution is 2.26. The van der Waals surface area contributed by atoms with Crippen molar-refractivity contribution in [1.82, 2.24) is 19.7 Å². The van der Waals surface area contributed by atoms with Crippen molar-refractivity contribution in [3.05, 3.63) is 33.6 Å². The van der Waals surface area contributed by atoms with Crippen LogP contribution in [0.2, 0.25) is 5.02 Å². The predicted octanol–water partition coefficient (Wildman–Crippen LogP) is 2.32. The molecule has 2 aromatic heterocycles. The molecule has 0 spiro atoms. The zero-order valence-electron chi connectivity index (χ0n) is 9.48. The summed E-state index contributed by atoms with van der Waals surface area (Å²) in [5, 5.41) is 6.92. The van der Waals surface area contributed by atoms with Gasteiger partial charge in [0.25, 0.3) is 0 Å². The van der Waals surface area contributed by atoms with Gasteiger partial charge in [-0.1, -0.05) is 18.5 Å². The number of pyridine rings is 1. The third-order valence-electron chi connectivity index (χ3n) is 2.13. The number of halogens is 2. The molecule has 0 radical (unpaired) electrons. The van der Waals surface area contributed by atoms with Crippen molar-refractivity contribution in [2.45, 2.75) is 30.1 Å². The molecule has 0 aromatic carbocycles. The monoisotopic (exact) mass is 288 g/mol. The number of nitrogens with zero attached hydrogens (tertiary/aromatic N) is 3. The molecule has 0 atom stereocenters. The molecule has 96 valence electrons. The molecule has 0 aliphatic rings. The fraction of sp³-hybridized carbons (Fsp3) is 0.300. The molecule has 0 fully saturated rings. The van der Waals surface area contributed by atoms with Crippen molar-refractivity contribution in [2.24, 2.45) is 0 Å². The maximum Gasteiger partial charge on any atom is 0.343 e. The molecule has 2 rings (SSSR count). The van der Waals surface area contributed by atoms with E-state index in [0.717, 1.165) is 18.2 Å². The van der Waals surface area contributed by atoms with Crippen LogP contribution in [0.3, 0.4) is 0 Å². The van der Waals surface area contributed by atoms with Crippen molar-refractivity contribution in [3.8, 4) is 0 Å². The van der Waals surface area contributed by atoms with Gasteiger partial charge in [-0.2, -0.15) is 0 Å². The predicted molar refractivity (Wildman–Crippen MR) is 66.5 cm³/mol. The van der Waals surface area contributed by atoms with E-state index < -0.39 is 5.82 Å². The van der Waals surface area contributed by atoms with Crippen LogP contribution >= 0.6 is 23.4 Å². The first-order valence-electron chi connectivity index (χ1n) is 5.26. The van der Waals surface area contributed by atoms with E-state index in [1.165, 1.54) is 16.8 Å². The molecule has 18 heavy (non-hydrogen) atoms. The Hall–Kier alpha value is -1.34. The first-order chi connectivity index (χ1) is 8.61. The summed E-state index contributed by atoms with van der Waals surface area (Å²) in [7, 11) is 0. The molecule has 0 saturated carbocycles. The van der Waals surface area contributed by atoms with Crippen LogP contribution in [-0.4, -0.2) is 19.7 Å². The summed E-state index contributed by atoms with van der Waals surface area (Å²) in [6.45, 7) is 2.46. The van der Waals surface area contributed by atoms with Crippen LogP contribution in [0.4, 0.5) is 4.39 Å². The van der Waals surface area contributed by atoms with Crippen LogP contribution in [0.1, 0.15) is 13.3 Å². The van der Waals surface area contributed by atoms with Crippen LogP contribution in [-0.2, 0) is 6.54 Å². The summed E-state index contributed by atoms with van der Waals surface area (Å²) in [6.07, 6.45) is 2.13. The molecule has 1 N–H and O–H groups in total. The van der Waals surface area contributed by atoms with Crippen LogP contribution in [0, 0.1) is 5.82 Å². The maximum absolute atomic E-state index is 13.6. The van der Waals surface area contributed by atoms with E-state index in [1.807, 2.05) is 6.92 Å². The van der Waals surface area contributed by atoms with Gasteiger partial charge < -0.3 is 0 Å². The first kappa shape index (κ1) is 13.1. The largest absolute Gasteiger partial charge is 0.343 e. The molecule has 2 heterocycles. The summed E-state index contributed by atoms with van der Waals surface area (Å²) < 4.78 is 15.0. The Morgan fingerprint density at radius 1 is 1.61 bits per heavy atom.